The molecule has 1 fully saturated rings. The smallest absolute Gasteiger partial charge is 0.232 e. The molecule has 7 nitrogen and oxygen atoms in total. The Balaban J connectivity index is 1.50. The first kappa shape index (κ1) is 17.1. The molecule has 2 aliphatic heterocycles. The minimum absolute atomic E-state index is 0.0664. The largest absolute Gasteiger partial charge is 0.492 e. The molecular formula is C18H21N3O4S. The highest BCUT2D eigenvalue weighted by Gasteiger charge is 2.32. The molecule has 0 radical (unpaired) electrons. The van der Waals surface area contributed by atoms with E-state index in [1.165, 1.54) is 0 Å². The fourth-order valence-corrected chi connectivity index (χ4v) is 5.27. The van der Waals surface area contributed by atoms with E-state index >= 15 is 0 Å². The Morgan fingerprint density at radius 2 is 2.15 bits per heavy atom. The van der Waals surface area contributed by atoms with Gasteiger partial charge in [0.1, 0.15) is 18.2 Å². The molecule has 1 saturated heterocycles. The number of carbonyl (C=O) groups excluding carboxylic acids is 1. The van der Waals surface area contributed by atoms with Crippen LogP contribution < -0.4 is 10.1 Å². The third-order valence-electron chi connectivity index (χ3n) is 4.91. The van der Waals surface area contributed by atoms with Crippen LogP contribution in [0.1, 0.15) is 23.7 Å². The number of hydrogen-bond acceptors (Lipinski definition) is 5. The molecule has 1 N–H and O–H groups in total. The van der Waals surface area contributed by atoms with E-state index in [0.717, 1.165) is 17.0 Å². The lowest BCUT2D eigenvalue weighted by Gasteiger charge is -2.24. The van der Waals surface area contributed by atoms with E-state index in [2.05, 4.69) is 10.4 Å². The number of rotatable bonds is 3. The van der Waals surface area contributed by atoms with Gasteiger partial charge in [-0.3, -0.25) is 4.79 Å². The zero-order chi connectivity index (χ0) is 18.3. The zero-order valence-electron chi connectivity index (χ0n) is 14.5. The number of aromatic nitrogens is 2. The number of fused-ring (bicyclic) bond motifs is 1. The second kappa shape index (κ2) is 6.42. The molecule has 26 heavy (non-hydrogen) atoms. The first-order valence-electron chi connectivity index (χ1n) is 8.69. The van der Waals surface area contributed by atoms with Gasteiger partial charge in [0.15, 0.2) is 9.84 Å². The maximum atomic E-state index is 12.7. The Morgan fingerprint density at radius 3 is 2.92 bits per heavy atom. The van der Waals surface area contributed by atoms with E-state index in [9.17, 15) is 13.2 Å². The van der Waals surface area contributed by atoms with Crippen LogP contribution in [0, 0.1) is 12.8 Å². The van der Waals surface area contributed by atoms with E-state index < -0.39 is 9.84 Å². The summed E-state index contributed by atoms with van der Waals surface area (Å²) in [6.45, 7) is 2.16. The fourth-order valence-electron chi connectivity index (χ4n) is 3.58. The van der Waals surface area contributed by atoms with E-state index in [0.29, 0.717) is 25.3 Å². The number of carbonyl (C=O) groups is 1. The number of amides is 1. The summed E-state index contributed by atoms with van der Waals surface area (Å²) in [6.07, 6.45) is 1.14. The maximum absolute atomic E-state index is 12.7. The number of hydrogen-bond donors (Lipinski definition) is 1. The van der Waals surface area contributed by atoms with E-state index in [-0.39, 0.29) is 29.4 Å². The molecule has 0 saturated carbocycles. The van der Waals surface area contributed by atoms with Gasteiger partial charge < -0.3 is 10.1 Å². The number of nitrogens with one attached hydrogen (secondary N) is 1. The van der Waals surface area contributed by atoms with Gasteiger partial charge in [0.25, 0.3) is 0 Å². The fraction of sp³-hybridized carbons (Fsp3) is 0.444. The zero-order valence-corrected chi connectivity index (χ0v) is 15.3. The SMILES string of the molecule is Cc1cc(NC(=O)C2COc3ccccc3C2)n(C2CCS(=O)(=O)C2)n1. The average Bonchev–Trinajstić information content (AvgIpc) is 3.16. The van der Waals surface area contributed by atoms with Crippen molar-refractivity contribution < 1.29 is 17.9 Å². The lowest BCUT2D eigenvalue weighted by Crippen LogP contribution is -2.33. The summed E-state index contributed by atoms with van der Waals surface area (Å²) in [5.41, 5.74) is 1.76. The second-order valence-corrected chi connectivity index (χ2v) is 9.21. The van der Waals surface area contributed by atoms with Gasteiger partial charge in [0.2, 0.25) is 5.91 Å². The van der Waals surface area contributed by atoms with Crippen molar-refractivity contribution in [3.63, 3.8) is 0 Å². The lowest BCUT2D eigenvalue weighted by atomic mass is 9.96. The van der Waals surface area contributed by atoms with Crippen molar-refractivity contribution in [2.24, 2.45) is 5.92 Å². The van der Waals surface area contributed by atoms with Crippen molar-refractivity contribution in [2.45, 2.75) is 25.8 Å². The van der Waals surface area contributed by atoms with Crippen LogP contribution in [0.15, 0.2) is 30.3 Å². The van der Waals surface area contributed by atoms with Crippen LogP contribution in [0.5, 0.6) is 5.75 Å². The molecule has 8 heteroatoms. The first-order chi connectivity index (χ1) is 12.4. The third-order valence-corrected chi connectivity index (χ3v) is 6.66. The summed E-state index contributed by atoms with van der Waals surface area (Å²) in [4.78, 5) is 12.7. The van der Waals surface area contributed by atoms with Crippen LogP contribution in [0.2, 0.25) is 0 Å². The minimum atomic E-state index is -3.03. The molecule has 0 spiro atoms. The van der Waals surface area contributed by atoms with Crippen LogP contribution in [0.25, 0.3) is 0 Å². The number of para-hydroxylation sites is 1. The molecule has 0 aliphatic carbocycles. The average molecular weight is 375 g/mol. The summed E-state index contributed by atoms with van der Waals surface area (Å²) in [5, 5.41) is 7.32. The quantitative estimate of drug-likeness (QED) is 0.882. The number of sulfone groups is 1. The van der Waals surface area contributed by atoms with Crippen LogP contribution in [-0.2, 0) is 21.1 Å². The highest BCUT2D eigenvalue weighted by molar-refractivity contribution is 7.91. The van der Waals surface area contributed by atoms with Crippen LogP contribution >= 0.6 is 0 Å². The van der Waals surface area contributed by atoms with E-state index in [1.54, 1.807) is 10.7 Å². The highest BCUT2D eigenvalue weighted by atomic mass is 32.2. The minimum Gasteiger partial charge on any atom is -0.492 e. The van der Waals surface area contributed by atoms with Crippen molar-refractivity contribution in [1.82, 2.24) is 9.78 Å². The van der Waals surface area contributed by atoms with Gasteiger partial charge in [-0.05, 0) is 31.4 Å². The maximum Gasteiger partial charge on any atom is 0.232 e. The summed E-state index contributed by atoms with van der Waals surface area (Å²) in [6, 6.07) is 9.26. The molecule has 0 bridgehead atoms. The van der Waals surface area contributed by atoms with Gasteiger partial charge >= 0.3 is 0 Å². The van der Waals surface area contributed by atoms with Crippen molar-refractivity contribution >= 4 is 21.6 Å². The van der Waals surface area contributed by atoms with Crippen LogP contribution in [0.4, 0.5) is 5.82 Å². The molecule has 2 aliphatic rings. The topological polar surface area (TPSA) is 90.3 Å². The molecule has 2 unspecified atom stereocenters. The standard InChI is InChI=1S/C18H21N3O4S/c1-12-8-17(21(20-12)15-6-7-26(23,24)11-15)19-18(22)14-9-13-4-2-3-5-16(13)25-10-14/h2-5,8,14-15H,6-7,9-11H2,1H3,(H,19,22). The summed E-state index contributed by atoms with van der Waals surface area (Å²) < 4.78 is 30.9. The van der Waals surface area contributed by atoms with Gasteiger partial charge in [-0.15, -0.1) is 0 Å². The normalized spacial score (nSPS) is 23.9. The molecular weight excluding hydrogens is 354 g/mol. The van der Waals surface area contributed by atoms with Crippen molar-refractivity contribution in [1.29, 1.82) is 0 Å². The van der Waals surface area contributed by atoms with Gasteiger partial charge in [-0.1, -0.05) is 18.2 Å². The summed E-state index contributed by atoms with van der Waals surface area (Å²) in [7, 11) is -3.03. The van der Waals surface area contributed by atoms with Crippen molar-refractivity contribution in [2.75, 3.05) is 23.4 Å². The van der Waals surface area contributed by atoms with Gasteiger partial charge in [0.05, 0.1) is 29.2 Å². The number of aryl methyl sites for hydroxylation is 1. The third kappa shape index (κ3) is 3.33. The summed E-state index contributed by atoms with van der Waals surface area (Å²) in [5.74, 6) is 1.18. The second-order valence-electron chi connectivity index (χ2n) is 6.98. The van der Waals surface area contributed by atoms with Crippen molar-refractivity contribution in [3.05, 3.63) is 41.6 Å². The molecule has 4 rings (SSSR count). The molecule has 2 atom stereocenters. The Bertz CT molecular complexity index is 951. The predicted molar refractivity (Wildman–Crippen MR) is 97.0 cm³/mol. The Morgan fingerprint density at radius 1 is 1.35 bits per heavy atom. The number of benzene rings is 1. The van der Waals surface area contributed by atoms with Gasteiger partial charge in [-0.25, -0.2) is 13.1 Å². The highest BCUT2D eigenvalue weighted by Crippen LogP contribution is 2.29. The number of ether oxygens (including phenoxy) is 1. The van der Waals surface area contributed by atoms with Crippen LogP contribution in [0.3, 0.4) is 0 Å². The first-order valence-corrected chi connectivity index (χ1v) is 10.5. The molecule has 3 heterocycles. The van der Waals surface area contributed by atoms with Crippen LogP contribution in [-0.4, -0.2) is 42.2 Å². The van der Waals surface area contributed by atoms with Crippen molar-refractivity contribution in [3.8, 4) is 5.75 Å². The van der Waals surface area contributed by atoms with Gasteiger partial charge in [0, 0.05) is 6.07 Å². The summed E-state index contributed by atoms with van der Waals surface area (Å²) >= 11 is 0. The Labute approximate surface area is 152 Å². The number of nitrogens with zero attached hydrogens (tertiary/aromatic N) is 2. The predicted octanol–water partition coefficient (Wildman–Crippen LogP) is 1.74. The van der Waals surface area contributed by atoms with E-state index in [4.69, 9.17) is 4.74 Å². The monoisotopic (exact) mass is 375 g/mol. The lowest BCUT2D eigenvalue weighted by molar-refractivity contribution is -0.121. The Kier molecular flexibility index (Phi) is 4.22. The van der Waals surface area contributed by atoms with E-state index in [1.807, 2.05) is 31.2 Å². The number of anilines is 1. The molecule has 138 valence electrons. The molecule has 1 amide bonds. The molecule has 1 aromatic heterocycles. The van der Waals surface area contributed by atoms with Gasteiger partial charge in [-0.2, -0.15) is 5.10 Å². The Hall–Kier alpha value is -2.35. The molecule has 1 aromatic carbocycles. The molecule has 2 aromatic rings.